The standard InChI is InChI=1S/C17H20O2/c1-11-14-7-5-12-4-6-13(19-3)10-15(12)17(14,2)9-8-16(11)18/h4,6-7,10-11H,5,8-9H2,1-3H3/t11?,17-/m0/s1. The van der Waals surface area contributed by atoms with Crippen LogP contribution in [-0.4, -0.2) is 12.9 Å². The minimum atomic E-state index is 0.00937. The highest BCUT2D eigenvalue weighted by molar-refractivity contribution is 5.86. The molecule has 0 N–H and O–H groups in total. The van der Waals surface area contributed by atoms with Crippen LogP contribution in [0.2, 0.25) is 0 Å². The predicted octanol–water partition coefficient (Wildman–Crippen LogP) is 3.43. The molecule has 1 unspecified atom stereocenters. The molecule has 0 spiro atoms. The fourth-order valence-corrected chi connectivity index (χ4v) is 3.67. The molecule has 0 radical (unpaired) electrons. The molecule has 1 aromatic rings. The van der Waals surface area contributed by atoms with Gasteiger partial charge < -0.3 is 4.74 Å². The second kappa shape index (κ2) is 4.22. The summed E-state index contributed by atoms with van der Waals surface area (Å²) >= 11 is 0. The van der Waals surface area contributed by atoms with Gasteiger partial charge in [0, 0.05) is 17.8 Å². The van der Waals surface area contributed by atoms with Crippen LogP contribution >= 0.6 is 0 Å². The second-order valence-electron chi connectivity index (χ2n) is 5.91. The number of methoxy groups -OCH3 is 1. The van der Waals surface area contributed by atoms with Crippen molar-refractivity contribution in [2.24, 2.45) is 5.92 Å². The number of Topliss-reactive ketones (excluding diaryl/α,β-unsaturated/α-hetero) is 1. The third-order valence-corrected chi connectivity index (χ3v) is 4.91. The van der Waals surface area contributed by atoms with Gasteiger partial charge in [0.25, 0.3) is 0 Å². The number of benzene rings is 1. The average molecular weight is 256 g/mol. The zero-order chi connectivity index (χ0) is 13.6. The van der Waals surface area contributed by atoms with Crippen molar-refractivity contribution in [2.75, 3.05) is 7.11 Å². The molecule has 19 heavy (non-hydrogen) atoms. The quantitative estimate of drug-likeness (QED) is 0.719. The summed E-state index contributed by atoms with van der Waals surface area (Å²) < 4.78 is 5.37. The molecule has 2 heteroatoms. The van der Waals surface area contributed by atoms with E-state index in [0.717, 1.165) is 18.6 Å². The number of ether oxygens (including phenoxy) is 1. The van der Waals surface area contributed by atoms with Crippen molar-refractivity contribution in [1.29, 1.82) is 0 Å². The summed E-state index contributed by atoms with van der Waals surface area (Å²) in [7, 11) is 1.71. The van der Waals surface area contributed by atoms with Gasteiger partial charge in [0.05, 0.1) is 7.11 Å². The Morgan fingerprint density at radius 2 is 2.16 bits per heavy atom. The molecular weight excluding hydrogens is 236 g/mol. The van der Waals surface area contributed by atoms with Gasteiger partial charge in [-0.2, -0.15) is 0 Å². The van der Waals surface area contributed by atoms with Crippen LogP contribution in [0.5, 0.6) is 5.75 Å². The van der Waals surface area contributed by atoms with Crippen LogP contribution < -0.4 is 4.74 Å². The molecule has 2 atom stereocenters. The first kappa shape index (κ1) is 12.5. The number of hydrogen-bond donors (Lipinski definition) is 0. The smallest absolute Gasteiger partial charge is 0.139 e. The topological polar surface area (TPSA) is 26.3 Å². The Bertz CT molecular complexity index is 571. The largest absolute Gasteiger partial charge is 0.497 e. The van der Waals surface area contributed by atoms with E-state index in [9.17, 15) is 4.79 Å². The van der Waals surface area contributed by atoms with E-state index in [1.54, 1.807) is 7.11 Å². The summed E-state index contributed by atoms with van der Waals surface area (Å²) in [5.74, 6) is 1.36. The SMILES string of the molecule is COc1ccc2c(c1)[C@@]1(C)CCC(=O)C(C)C1=CC2. The van der Waals surface area contributed by atoms with Crippen LogP contribution in [0.3, 0.4) is 0 Å². The van der Waals surface area contributed by atoms with E-state index in [1.807, 2.05) is 6.07 Å². The minimum Gasteiger partial charge on any atom is -0.497 e. The maximum absolute atomic E-state index is 12.0. The summed E-state index contributed by atoms with van der Waals surface area (Å²) in [6.45, 7) is 4.33. The third-order valence-electron chi connectivity index (χ3n) is 4.91. The molecule has 2 nitrogen and oxygen atoms in total. The Morgan fingerprint density at radius 3 is 2.89 bits per heavy atom. The lowest BCUT2D eigenvalue weighted by molar-refractivity contribution is -0.123. The maximum atomic E-state index is 12.0. The van der Waals surface area contributed by atoms with Crippen LogP contribution in [0.1, 0.15) is 37.8 Å². The van der Waals surface area contributed by atoms with E-state index < -0.39 is 0 Å². The van der Waals surface area contributed by atoms with E-state index in [-0.39, 0.29) is 11.3 Å². The van der Waals surface area contributed by atoms with Crippen molar-refractivity contribution in [1.82, 2.24) is 0 Å². The number of hydrogen-bond acceptors (Lipinski definition) is 2. The molecule has 0 aromatic heterocycles. The third kappa shape index (κ3) is 1.73. The molecule has 3 rings (SSSR count). The Labute approximate surface area is 114 Å². The molecule has 2 aliphatic rings. The Hall–Kier alpha value is -1.57. The van der Waals surface area contributed by atoms with Crippen molar-refractivity contribution in [3.8, 4) is 5.75 Å². The van der Waals surface area contributed by atoms with Gasteiger partial charge in [-0.05, 0) is 36.1 Å². The highest BCUT2D eigenvalue weighted by Crippen LogP contribution is 2.49. The molecule has 1 saturated carbocycles. The van der Waals surface area contributed by atoms with E-state index in [4.69, 9.17) is 4.74 Å². The van der Waals surface area contributed by atoms with Gasteiger partial charge in [-0.25, -0.2) is 0 Å². The van der Waals surface area contributed by atoms with Crippen molar-refractivity contribution in [2.45, 2.75) is 38.5 Å². The first-order valence-electron chi connectivity index (χ1n) is 6.97. The molecule has 0 bridgehead atoms. The number of carbonyl (C=O) groups excluding carboxylic acids is 1. The normalized spacial score (nSPS) is 29.3. The lowest BCUT2D eigenvalue weighted by Gasteiger charge is -2.43. The zero-order valence-electron chi connectivity index (χ0n) is 11.8. The van der Waals surface area contributed by atoms with Crippen LogP contribution in [0, 0.1) is 5.92 Å². The van der Waals surface area contributed by atoms with Crippen LogP contribution in [0.15, 0.2) is 29.8 Å². The van der Waals surface area contributed by atoms with Gasteiger partial charge >= 0.3 is 0 Å². The summed E-state index contributed by atoms with van der Waals surface area (Å²) in [6.07, 6.45) is 4.81. The molecular formula is C17H20O2. The zero-order valence-corrected chi connectivity index (χ0v) is 11.8. The van der Waals surface area contributed by atoms with E-state index >= 15 is 0 Å². The minimum absolute atomic E-state index is 0.00937. The Kier molecular flexibility index (Phi) is 2.77. The van der Waals surface area contributed by atoms with E-state index in [0.29, 0.717) is 12.2 Å². The van der Waals surface area contributed by atoms with Crippen LogP contribution in [-0.2, 0) is 16.6 Å². The van der Waals surface area contributed by atoms with Gasteiger partial charge in [-0.3, -0.25) is 4.79 Å². The van der Waals surface area contributed by atoms with Crippen molar-refractivity contribution >= 4 is 5.78 Å². The van der Waals surface area contributed by atoms with Crippen LogP contribution in [0.4, 0.5) is 0 Å². The number of fused-ring (bicyclic) bond motifs is 3. The fraction of sp³-hybridized carbons (Fsp3) is 0.471. The molecule has 2 aliphatic carbocycles. The number of allylic oxidation sites excluding steroid dienone is 2. The van der Waals surface area contributed by atoms with Gasteiger partial charge in [0.1, 0.15) is 11.5 Å². The monoisotopic (exact) mass is 256 g/mol. The number of ketones is 1. The molecule has 1 fully saturated rings. The van der Waals surface area contributed by atoms with Crippen molar-refractivity contribution in [3.05, 3.63) is 41.0 Å². The van der Waals surface area contributed by atoms with Gasteiger partial charge in [0.2, 0.25) is 0 Å². The molecule has 100 valence electrons. The summed E-state index contributed by atoms with van der Waals surface area (Å²) in [5, 5.41) is 0. The van der Waals surface area contributed by atoms with Gasteiger partial charge in [-0.1, -0.05) is 31.6 Å². The van der Waals surface area contributed by atoms with Gasteiger partial charge in [-0.15, -0.1) is 0 Å². The molecule has 1 aromatic carbocycles. The highest BCUT2D eigenvalue weighted by Gasteiger charge is 2.43. The van der Waals surface area contributed by atoms with Crippen molar-refractivity contribution in [3.63, 3.8) is 0 Å². The summed E-state index contributed by atoms with van der Waals surface area (Å²) in [4.78, 5) is 12.0. The first-order valence-corrected chi connectivity index (χ1v) is 6.97. The Balaban J connectivity index is 2.13. The molecule has 0 aliphatic heterocycles. The molecule has 0 amide bonds. The van der Waals surface area contributed by atoms with E-state index in [1.165, 1.54) is 16.7 Å². The second-order valence-corrected chi connectivity index (χ2v) is 5.91. The van der Waals surface area contributed by atoms with Crippen molar-refractivity contribution < 1.29 is 9.53 Å². The average Bonchev–Trinajstić information content (AvgIpc) is 2.43. The highest BCUT2D eigenvalue weighted by atomic mass is 16.5. The predicted molar refractivity (Wildman–Crippen MR) is 75.5 cm³/mol. The van der Waals surface area contributed by atoms with Gasteiger partial charge in [0.15, 0.2) is 0 Å². The van der Waals surface area contributed by atoms with E-state index in [2.05, 4.69) is 32.1 Å². The van der Waals surface area contributed by atoms with Crippen LogP contribution in [0.25, 0.3) is 0 Å². The number of rotatable bonds is 1. The lowest BCUT2D eigenvalue weighted by atomic mass is 9.60. The Morgan fingerprint density at radius 1 is 1.37 bits per heavy atom. The summed E-state index contributed by atoms with van der Waals surface area (Å²) in [5.41, 5.74) is 4.04. The summed E-state index contributed by atoms with van der Waals surface area (Å²) in [6, 6.07) is 6.34. The lowest BCUT2D eigenvalue weighted by Crippen LogP contribution is -2.39. The number of carbonyl (C=O) groups is 1. The molecule has 0 heterocycles. The first-order chi connectivity index (χ1) is 9.06. The fourth-order valence-electron chi connectivity index (χ4n) is 3.67. The molecule has 0 saturated heterocycles. The maximum Gasteiger partial charge on any atom is 0.139 e.